The normalized spacial score (nSPS) is 22.1. The zero-order valence-electron chi connectivity index (χ0n) is 33.1. The Morgan fingerprint density at radius 2 is 1.20 bits per heavy atom. The van der Waals surface area contributed by atoms with Crippen LogP contribution in [0.4, 0.5) is 0 Å². The topological polar surface area (TPSA) is 240 Å². The Bertz CT molecular complexity index is 1530. The summed E-state index contributed by atoms with van der Waals surface area (Å²) in [6, 6.07) is -6.50. The van der Waals surface area contributed by atoms with E-state index in [-0.39, 0.29) is 37.1 Å². The van der Waals surface area contributed by atoms with Crippen molar-refractivity contribution in [2.75, 3.05) is 19.6 Å². The van der Waals surface area contributed by atoms with Gasteiger partial charge in [-0.3, -0.25) is 28.8 Å². The zero-order valence-corrected chi connectivity index (χ0v) is 33.1. The molecule has 3 saturated heterocycles. The Hall–Kier alpha value is -4.54. The summed E-state index contributed by atoms with van der Waals surface area (Å²) in [7, 11) is 0. The van der Waals surface area contributed by atoms with Gasteiger partial charge in [0.25, 0.3) is 0 Å². The van der Waals surface area contributed by atoms with Crippen LogP contribution >= 0.6 is 0 Å². The van der Waals surface area contributed by atoms with E-state index in [1.54, 1.807) is 20.0 Å². The van der Waals surface area contributed by atoms with Gasteiger partial charge in [0, 0.05) is 32.3 Å². The van der Waals surface area contributed by atoms with Crippen LogP contribution in [0.25, 0.3) is 0 Å². The number of H-pyrrole nitrogens is 1. The van der Waals surface area contributed by atoms with Gasteiger partial charge in [0.05, 0.1) is 18.1 Å². The number of nitrogens with zero attached hydrogens (tertiary/aromatic N) is 4. The number of hydrogen-bond donors (Lipinski definition) is 6. The molecule has 55 heavy (non-hydrogen) atoms. The minimum atomic E-state index is -1.08. The highest BCUT2D eigenvalue weighted by Gasteiger charge is 2.44. The summed E-state index contributed by atoms with van der Waals surface area (Å²) in [4.78, 5) is 106. The van der Waals surface area contributed by atoms with Crippen LogP contribution in [0, 0.1) is 17.8 Å². The van der Waals surface area contributed by atoms with Gasteiger partial charge in [0.15, 0.2) is 0 Å². The minimum Gasteiger partial charge on any atom is -0.480 e. The molecule has 0 spiro atoms. The molecule has 306 valence electrons. The van der Waals surface area contributed by atoms with Gasteiger partial charge >= 0.3 is 5.97 Å². The number of carboxylic acids is 1. The summed E-state index contributed by atoms with van der Waals surface area (Å²) in [6.45, 7) is 12.1. The van der Waals surface area contributed by atoms with Crippen molar-refractivity contribution in [1.29, 1.82) is 0 Å². The number of carbonyl (C=O) groups excluding carboxylic acids is 6. The molecule has 4 rings (SSSR count). The highest BCUT2D eigenvalue weighted by molar-refractivity contribution is 5.97. The Morgan fingerprint density at radius 3 is 1.62 bits per heavy atom. The molecule has 17 heteroatoms. The lowest BCUT2D eigenvalue weighted by Crippen LogP contribution is -2.60. The molecule has 0 saturated carbocycles. The standard InChI is InChI=1S/C38H61N9O8/c1-21(2)16-26(35(51)45-13-7-10-28(45)33(49)43-27(17-22(3)4)36(52)47-15-9-12-30(47)38(54)55)42-34(50)29-11-8-14-46(29)37(53)31(23(5)6)44-32(48)25(39)18-24-19-40-20-41-24/h19-23,25-31H,7-18,39H2,1-6H3,(H,40,41)(H,42,50)(H,43,49)(H,44,48)(H,54,55)/t25-,26-,27-,28-,29-,30-,31-/m0/s1. The fourth-order valence-corrected chi connectivity index (χ4v) is 7.89. The molecule has 0 unspecified atom stereocenters. The van der Waals surface area contributed by atoms with Gasteiger partial charge in [0.2, 0.25) is 35.4 Å². The van der Waals surface area contributed by atoms with Crippen LogP contribution in [0.1, 0.15) is 98.6 Å². The van der Waals surface area contributed by atoms with Crippen molar-refractivity contribution in [3.8, 4) is 0 Å². The first-order valence-corrected chi connectivity index (χ1v) is 19.8. The monoisotopic (exact) mass is 771 g/mol. The first-order valence-electron chi connectivity index (χ1n) is 19.8. The first kappa shape index (κ1) is 43.2. The highest BCUT2D eigenvalue weighted by Crippen LogP contribution is 2.25. The van der Waals surface area contributed by atoms with Crippen LogP contribution < -0.4 is 21.7 Å². The number of aromatic amines is 1. The lowest BCUT2D eigenvalue weighted by atomic mass is 10.00. The van der Waals surface area contributed by atoms with E-state index in [9.17, 15) is 38.7 Å². The average molecular weight is 772 g/mol. The third-order valence-corrected chi connectivity index (χ3v) is 10.7. The fraction of sp³-hybridized carbons (Fsp3) is 0.737. The summed E-state index contributed by atoms with van der Waals surface area (Å²) in [6.07, 6.45) is 6.63. The molecule has 7 N–H and O–H groups in total. The number of imidazole rings is 1. The maximum Gasteiger partial charge on any atom is 0.326 e. The van der Waals surface area contributed by atoms with Crippen molar-refractivity contribution < 1.29 is 38.7 Å². The van der Waals surface area contributed by atoms with E-state index in [4.69, 9.17) is 5.73 Å². The van der Waals surface area contributed by atoms with E-state index in [1.807, 2.05) is 27.7 Å². The Kier molecular flexibility index (Phi) is 15.2. The molecule has 3 aliphatic heterocycles. The number of aromatic nitrogens is 2. The number of carboxylic acid groups (broad SMARTS) is 1. The van der Waals surface area contributed by atoms with Crippen LogP contribution in [-0.2, 0) is 40.0 Å². The van der Waals surface area contributed by atoms with Gasteiger partial charge in [-0.1, -0.05) is 41.5 Å². The molecule has 0 radical (unpaired) electrons. The third kappa shape index (κ3) is 11.0. The van der Waals surface area contributed by atoms with E-state index in [0.717, 1.165) is 0 Å². The number of nitrogens with two attached hydrogens (primary N) is 1. The molecule has 0 aromatic carbocycles. The molecule has 3 aliphatic rings. The molecule has 3 fully saturated rings. The maximum atomic E-state index is 14.2. The van der Waals surface area contributed by atoms with E-state index in [0.29, 0.717) is 63.7 Å². The summed E-state index contributed by atoms with van der Waals surface area (Å²) >= 11 is 0. The van der Waals surface area contributed by atoms with Gasteiger partial charge in [-0.05, 0) is 69.1 Å². The number of hydrogen-bond acceptors (Lipinski definition) is 9. The summed E-state index contributed by atoms with van der Waals surface area (Å²) in [5.41, 5.74) is 6.74. The van der Waals surface area contributed by atoms with Crippen LogP contribution in [0.15, 0.2) is 12.5 Å². The predicted molar refractivity (Wildman–Crippen MR) is 202 cm³/mol. The first-order chi connectivity index (χ1) is 26.0. The Balaban J connectivity index is 1.44. The van der Waals surface area contributed by atoms with Crippen LogP contribution in [0.2, 0.25) is 0 Å². The van der Waals surface area contributed by atoms with Crippen molar-refractivity contribution in [2.24, 2.45) is 23.5 Å². The number of aliphatic carboxylic acids is 1. The highest BCUT2D eigenvalue weighted by atomic mass is 16.4. The number of nitrogens with one attached hydrogen (secondary N) is 4. The second-order valence-corrected chi connectivity index (χ2v) is 16.4. The number of carbonyl (C=O) groups is 7. The summed E-state index contributed by atoms with van der Waals surface area (Å²) in [5.74, 6) is -4.16. The molecule has 6 amide bonds. The van der Waals surface area contributed by atoms with E-state index >= 15 is 0 Å². The van der Waals surface area contributed by atoms with Crippen LogP contribution in [0.3, 0.4) is 0 Å². The van der Waals surface area contributed by atoms with Gasteiger partial charge in [0.1, 0.15) is 36.3 Å². The molecule has 1 aromatic rings. The van der Waals surface area contributed by atoms with Gasteiger partial charge < -0.3 is 46.5 Å². The van der Waals surface area contributed by atoms with Gasteiger partial charge in [-0.2, -0.15) is 0 Å². The number of amides is 6. The SMILES string of the molecule is CC(C)C[C@H](NC(=O)[C@@H]1CCCN1C(=O)[C@H](CC(C)C)NC(=O)[C@@H]1CCCN1C(=O)[C@@H](NC(=O)[C@@H](N)Cc1c[nH]cn1)C(C)C)C(=O)N1CCC[C@H]1C(=O)O. The second kappa shape index (κ2) is 19.4. The lowest BCUT2D eigenvalue weighted by molar-refractivity contribution is -0.150. The van der Waals surface area contributed by atoms with Crippen molar-refractivity contribution in [3.05, 3.63) is 18.2 Å². The van der Waals surface area contributed by atoms with Crippen LogP contribution in [0.5, 0.6) is 0 Å². The number of rotatable bonds is 17. The minimum absolute atomic E-state index is 0.00709. The smallest absolute Gasteiger partial charge is 0.326 e. The van der Waals surface area contributed by atoms with E-state index in [2.05, 4.69) is 25.9 Å². The molecular formula is C38H61N9O8. The zero-order chi connectivity index (χ0) is 40.6. The van der Waals surface area contributed by atoms with Crippen molar-refractivity contribution >= 4 is 41.4 Å². The lowest BCUT2D eigenvalue weighted by Gasteiger charge is -2.34. The van der Waals surface area contributed by atoms with Crippen molar-refractivity contribution in [1.82, 2.24) is 40.6 Å². The largest absolute Gasteiger partial charge is 0.480 e. The predicted octanol–water partition coefficient (Wildman–Crippen LogP) is 0.540. The molecule has 7 atom stereocenters. The fourth-order valence-electron chi connectivity index (χ4n) is 7.89. The number of likely N-dealkylation sites (tertiary alicyclic amines) is 3. The molecule has 0 aliphatic carbocycles. The van der Waals surface area contributed by atoms with E-state index in [1.165, 1.54) is 21.0 Å². The van der Waals surface area contributed by atoms with Crippen LogP contribution in [-0.4, -0.2) is 133 Å². The molecule has 17 nitrogen and oxygen atoms in total. The second-order valence-electron chi connectivity index (χ2n) is 16.4. The Morgan fingerprint density at radius 1 is 0.745 bits per heavy atom. The summed E-state index contributed by atoms with van der Waals surface area (Å²) < 4.78 is 0. The maximum absolute atomic E-state index is 14.2. The van der Waals surface area contributed by atoms with Crippen molar-refractivity contribution in [2.45, 2.75) is 142 Å². The van der Waals surface area contributed by atoms with E-state index < -0.39 is 83.7 Å². The molecular weight excluding hydrogens is 710 g/mol. The van der Waals surface area contributed by atoms with Crippen molar-refractivity contribution in [3.63, 3.8) is 0 Å². The third-order valence-electron chi connectivity index (χ3n) is 10.7. The van der Waals surface area contributed by atoms with Gasteiger partial charge in [-0.25, -0.2) is 9.78 Å². The average Bonchev–Trinajstić information content (AvgIpc) is 3.95. The molecule has 1 aromatic heterocycles. The molecule has 4 heterocycles. The quantitative estimate of drug-likeness (QED) is 0.129. The van der Waals surface area contributed by atoms with Gasteiger partial charge in [-0.15, -0.1) is 0 Å². The molecule has 0 bridgehead atoms. The summed E-state index contributed by atoms with van der Waals surface area (Å²) in [5, 5.41) is 18.2. The Labute approximate surface area is 323 Å².